The summed E-state index contributed by atoms with van der Waals surface area (Å²) in [5, 5.41) is 11.4. The highest BCUT2D eigenvalue weighted by Crippen LogP contribution is 2.43. The van der Waals surface area contributed by atoms with Crippen LogP contribution in [0.4, 0.5) is 17.1 Å². The van der Waals surface area contributed by atoms with Gasteiger partial charge in [-0.25, -0.2) is 0 Å². The number of aliphatic hydroxyl groups excluding tert-OH is 1. The summed E-state index contributed by atoms with van der Waals surface area (Å²) in [5.41, 5.74) is 3.70. The van der Waals surface area contributed by atoms with E-state index < -0.39 is 17.7 Å². The predicted octanol–water partition coefficient (Wildman–Crippen LogP) is 4.84. The van der Waals surface area contributed by atoms with Crippen LogP contribution in [0.15, 0.2) is 78.4 Å². The van der Waals surface area contributed by atoms with Crippen molar-refractivity contribution in [1.82, 2.24) is 0 Å². The van der Waals surface area contributed by atoms with E-state index in [-0.39, 0.29) is 11.3 Å². The van der Waals surface area contributed by atoms with E-state index >= 15 is 0 Å². The lowest BCUT2D eigenvalue weighted by Gasteiger charge is -2.26. The summed E-state index contributed by atoms with van der Waals surface area (Å²) in [7, 11) is 7.76. The van der Waals surface area contributed by atoms with Gasteiger partial charge < -0.3 is 19.6 Å². The van der Waals surface area contributed by atoms with Gasteiger partial charge in [0.1, 0.15) is 11.5 Å². The van der Waals surface area contributed by atoms with E-state index in [2.05, 4.69) is 0 Å². The van der Waals surface area contributed by atoms with Crippen LogP contribution in [0.1, 0.15) is 24.1 Å². The number of carbonyl (C=O) groups excluding carboxylic acids is 2. The Morgan fingerprint density at radius 2 is 1.47 bits per heavy atom. The van der Waals surface area contributed by atoms with Gasteiger partial charge in [0, 0.05) is 50.8 Å². The maximum absolute atomic E-state index is 13.4. The maximum Gasteiger partial charge on any atom is 0.300 e. The first-order valence-electron chi connectivity index (χ1n) is 11.8. The third-order valence-electron chi connectivity index (χ3n) is 6.23. The van der Waals surface area contributed by atoms with Crippen LogP contribution in [-0.4, -0.2) is 51.6 Å². The number of ether oxygens (including phenoxy) is 1. The van der Waals surface area contributed by atoms with Gasteiger partial charge in [-0.15, -0.1) is 0 Å². The zero-order valence-electron chi connectivity index (χ0n) is 21.2. The lowest BCUT2D eigenvalue weighted by atomic mass is 9.94. The first-order valence-corrected chi connectivity index (χ1v) is 11.8. The molecule has 1 fully saturated rings. The van der Waals surface area contributed by atoms with Gasteiger partial charge in [0.15, 0.2) is 0 Å². The Bertz CT molecular complexity index is 1290. The van der Waals surface area contributed by atoms with Crippen LogP contribution in [0.25, 0.3) is 5.76 Å². The number of Topliss-reactive ketones (excluding diaryl/α,β-unsaturated/α-hetero) is 1. The molecule has 3 aromatic rings. The topological polar surface area (TPSA) is 73.3 Å². The fraction of sp³-hybridized carbons (Fsp3) is 0.241. The molecule has 36 heavy (non-hydrogen) atoms. The first kappa shape index (κ1) is 24.9. The minimum Gasteiger partial charge on any atom is -0.507 e. The third kappa shape index (κ3) is 4.64. The molecule has 0 bridgehead atoms. The minimum absolute atomic E-state index is 0.0444. The molecular weight excluding hydrogens is 454 g/mol. The van der Waals surface area contributed by atoms with Crippen LogP contribution >= 0.6 is 0 Å². The molecular formula is C29H31N3O4. The van der Waals surface area contributed by atoms with Gasteiger partial charge in [0.05, 0.1) is 18.2 Å². The Morgan fingerprint density at radius 1 is 0.889 bits per heavy atom. The molecule has 1 heterocycles. The number of amides is 1. The molecule has 1 aliphatic rings. The molecule has 7 heteroatoms. The molecule has 0 aliphatic carbocycles. The number of hydrogen-bond acceptors (Lipinski definition) is 6. The summed E-state index contributed by atoms with van der Waals surface area (Å²) in [5.74, 6) is -1.07. The van der Waals surface area contributed by atoms with Crippen LogP contribution in [0.3, 0.4) is 0 Å². The van der Waals surface area contributed by atoms with Gasteiger partial charge in [-0.2, -0.15) is 0 Å². The third-order valence-corrected chi connectivity index (χ3v) is 6.23. The summed E-state index contributed by atoms with van der Waals surface area (Å²) >= 11 is 0. The van der Waals surface area contributed by atoms with Gasteiger partial charge in [0.2, 0.25) is 0 Å². The average Bonchev–Trinajstić information content (AvgIpc) is 3.14. The van der Waals surface area contributed by atoms with Crippen molar-refractivity contribution in [2.45, 2.75) is 13.0 Å². The zero-order valence-corrected chi connectivity index (χ0v) is 21.2. The van der Waals surface area contributed by atoms with Crippen molar-refractivity contribution in [2.24, 2.45) is 0 Å². The van der Waals surface area contributed by atoms with Gasteiger partial charge in [0.25, 0.3) is 11.7 Å². The lowest BCUT2D eigenvalue weighted by molar-refractivity contribution is -0.132. The van der Waals surface area contributed by atoms with Crippen LogP contribution in [0.5, 0.6) is 5.75 Å². The molecule has 7 nitrogen and oxygen atoms in total. The molecule has 1 N–H and O–H groups in total. The summed E-state index contributed by atoms with van der Waals surface area (Å²) < 4.78 is 5.57. The Hall–Kier alpha value is -4.26. The lowest BCUT2D eigenvalue weighted by Crippen LogP contribution is -2.29. The standard InChI is InChI=1S/C29H31N3O4/c1-6-36-24-9-7-8-20(18-24)27(33)25-26(19-10-12-21(13-11-19)30(2)3)32(29(35)28(25)34)23-16-14-22(15-17-23)31(4)5/h7-18,26,33H,6H2,1-5H3/b27-25-. The molecule has 1 saturated heterocycles. The van der Waals surface area contributed by atoms with E-state index in [9.17, 15) is 14.7 Å². The number of nitrogens with zero attached hydrogens (tertiary/aromatic N) is 3. The maximum atomic E-state index is 13.4. The summed E-state index contributed by atoms with van der Waals surface area (Å²) in [4.78, 5) is 32.2. The van der Waals surface area contributed by atoms with Crippen LogP contribution in [0.2, 0.25) is 0 Å². The molecule has 1 unspecified atom stereocenters. The normalized spacial score (nSPS) is 16.8. The molecule has 0 spiro atoms. The molecule has 3 aromatic carbocycles. The number of anilines is 3. The van der Waals surface area contributed by atoms with Crippen LogP contribution in [-0.2, 0) is 9.59 Å². The second-order valence-electron chi connectivity index (χ2n) is 9.03. The van der Waals surface area contributed by atoms with Crippen LogP contribution in [0, 0.1) is 0 Å². The summed E-state index contributed by atoms with van der Waals surface area (Å²) in [6, 6.07) is 21.2. The average molecular weight is 486 g/mol. The second-order valence-corrected chi connectivity index (χ2v) is 9.03. The molecule has 186 valence electrons. The molecule has 0 aromatic heterocycles. The van der Waals surface area contributed by atoms with Gasteiger partial charge >= 0.3 is 0 Å². The van der Waals surface area contributed by atoms with E-state index in [4.69, 9.17) is 4.74 Å². The number of carbonyl (C=O) groups is 2. The monoisotopic (exact) mass is 485 g/mol. The first-order chi connectivity index (χ1) is 17.2. The fourth-order valence-electron chi connectivity index (χ4n) is 4.34. The molecule has 1 aliphatic heterocycles. The van der Waals surface area contributed by atoms with E-state index in [1.54, 1.807) is 24.3 Å². The van der Waals surface area contributed by atoms with Crippen molar-refractivity contribution < 1.29 is 19.4 Å². The molecule has 0 radical (unpaired) electrons. The molecule has 0 saturated carbocycles. The van der Waals surface area contributed by atoms with Crippen LogP contribution < -0.4 is 19.4 Å². The largest absolute Gasteiger partial charge is 0.507 e. The Labute approximate surface area is 211 Å². The van der Waals surface area contributed by atoms with Crippen molar-refractivity contribution in [3.63, 3.8) is 0 Å². The minimum atomic E-state index is -0.790. The summed E-state index contributed by atoms with van der Waals surface area (Å²) in [6.07, 6.45) is 0. The highest BCUT2D eigenvalue weighted by molar-refractivity contribution is 6.51. The number of aliphatic hydroxyl groups is 1. The Kier molecular flexibility index (Phi) is 7.01. The van der Waals surface area contributed by atoms with E-state index in [1.165, 1.54) is 4.90 Å². The second kappa shape index (κ2) is 10.2. The SMILES string of the molecule is CCOc1cccc(/C(O)=C2/C(=O)C(=O)N(c3ccc(N(C)C)cc3)C2c2ccc(N(C)C)cc2)c1. The smallest absolute Gasteiger partial charge is 0.300 e. The Balaban J connectivity index is 1.89. The van der Waals surface area contributed by atoms with E-state index in [0.717, 1.165) is 16.9 Å². The van der Waals surface area contributed by atoms with E-state index in [0.29, 0.717) is 23.6 Å². The zero-order chi connectivity index (χ0) is 26.0. The van der Waals surface area contributed by atoms with Crippen molar-refractivity contribution in [3.8, 4) is 5.75 Å². The molecule has 1 atom stereocenters. The molecule has 4 rings (SSSR count). The van der Waals surface area contributed by atoms with Crippen molar-refractivity contribution in [1.29, 1.82) is 0 Å². The number of hydrogen-bond donors (Lipinski definition) is 1. The summed E-state index contributed by atoms with van der Waals surface area (Å²) in [6.45, 7) is 2.34. The molecule has 1 amide bonds. The predicted molar refractivity (Wildman–Crippen MR) is 144 cm³/mol. The van der Waals surface area contributed by atoms with Crippen molar-refractivity contribution in [3.05, 3.63) is 89.5 Å². The van der Waals surface area contributed by atoms with Gasteiger partial charge in [-0.3, -0.25) is 14.5 Å². The van der Waals surface area contributed by atoms with Crippen molar-refractivity contribution in [2.75, 3.05) is 49.5 Å². The number of ketones is 1. The highest BCUT2D eigenvalue weighted by Gasteiger charge is 2.47. The van der Waals surface area contributed by atoms with E-state index in [1.807, 2.05) is 93.4 Å². The number of rotatable bonds is 7. The fourth-order valence-corrected chi connectivity index (χ4v) is 4.34. The van der Waals surface area contributed by atoms with Gasteiger partial charge in [-0.05, 0) is 61.0 Å². The van der Waals surface area contributed by atoms with Crippen molar-refractivity contribution >= 4 is 34.5 Å². The van der Waals surface area contributed by atoms with Gasteiger partial charge in [-0.1, -0.05) is 24.3 Å². The number of benzene rings is 3. The highest BCUT2D eigenvalue weighted by atomic mass is 16.5. The Morgan fingerprint density at radius 3 is 2.03 bits per heavy atom. The quantitative estimate of drug-likeness (QED) is 0.293.